The molecule has 0 radical (unpaired) electrons. The van der Waals surface area contributed by atoms with Gasteiger partial charge < -0.3 is 15.2 Å². The molecule has 5 heteroatoms. The summed E-state index contributed by atoms with van der Waals surface area (Å²) in [6.45, 7) is 1.91. The maximum atomic E-state index is 11.5. The molecule has 3 heterocycles. The third-order valence-electron chi connectivity index (χ3n) is 4.78. The first-order chi connectivity index (χ1) is 9.67. The largest absolute Gasteiger partial charge is 0.396 e. The van der Waals surface area contributed by atoms with Gasteiger partial charge in [0.2, 0.25) is 5.56 Å². The van der Waals surface area contributed by atoms with Crippen LogP contribution in [0.2, 0.25) is 0 Å². The van der Waals surface area contributed by atoms with Gasteiger partial charge in [0.15, 0.2) is 0 Å². The monoisotopic (exact) mass is 278 g/mol. The molecule has 1 aromatic rings. The molecule has 2 aliphatic rings. The normalized spacial score (nSPS) is 34.7. The van der Waals surface area contributed by atoms with Gasteiger partial charge in [0.25, 0.3) is 0 Å². The summed E-state index contributed by atoms with van der Waals surface area (Å²) in [5, 5.41) is 19.5. The first-order valence-corrected chi connectivity index (χ1v) is 7.39. The zero-order valence-corrected chi connectivity index (χ0v) is 11.5. The quantitative estimate of drug-likeness (QED) is 0.727. The lowest BCUT2D eigenvalue weighted by Crippen LogP contribution is -2.54. The van der Waals surface area contributed by atoms with E-state index in [4.69, 9.17) is 0 Å². The Morgan fingerprint density at radius 1 is 1.35 bits per heavy atom. The van der Waals surface area contributed by atoms with Crippen molar-refractivity contribution in [2.45, 2.75) is 37.3 Å². The number of aliphatic hydroxyl groups is 2. The van der Waals surface area contributed by atoms with E-state index in [-0.39, 0.29) is 36.1 Å². The Morgan fingerprint density at radius 3 is 2.95 bits per heavy atom. The summed E-state index contributed by atoms with van der Waals surface area (Å²) < 4.78 is 0. The fourth-order valence-corrected chi connectivity index (χ4v) is 3.75. The Balaban J connectivity index is 1.81. The second-order valence-corrected chi connectivity index (χ2v) is 6.09. The number of fused-ring (bicyclic) bond motifs is 1. The zero-order valence-electron chi connectivity index (χ0n) is 11.5. The highest BCUT2D eigenvalue weighted by atomic mass is 16.3. The van der Waals surface area contributed by atoms with Crippen molar-refractivity contribution in [3.05, 3.63) is 34.2 Å². The summed E-state index contributed by atoms with van der Waals surface area (Å²) in [5.74, 6) is 0.431. The van der Waals surface area contributed by atoms with Crippen LogP contribution in [0.3, 0.4) is 0 Å². The van der Waals surface area contributed by atoms with Gasteiger partial charge in [0.1, 0.15) is 0 Å². The summed E-state index contributed by atoms with van der Waals surface area (Å²) in [6.07, 6.45) is 2.18. The molecule has 0 amide bonds. The number of rotatable bonds is 2. The van der Waals surface area contributed by atoms with Gasteiger partial charge in [0.05, 0.1) is 6.10 Å². The molecule has 110 valence electrons. The van der Waals surface area contributed by atoms with Crippen molar-refractivity contribution in [1.29, 1.82) is 0 Å². The lowest BCUT2D eigenvalue weighted by atomic mass is 9.77. The molecule has 0 aromatic carbocycles. The standard InChI is InChI=1S/C15H22N2O3/c18-9-11-6-10(13-2-1-3-15(20)16-13)8-17-5-4-12(19)7-14(11)17/h1-3,10-12,14,18-19H,4-9H2,(H,16,20)/t10-,11-,12-,14-/m1/s1. The van der Waals surface area contributed by atoms with Crippen LogP contribution in [0.15, 0.2) is 23.0 Å². The highest BCUT2D eigenvalue weighted by molar-refractivity contribution is 5.13. The topological polar surface area (TPSA) is 76.6 Å². The number of pyridine rings is 1. The summed E-state index contributed by atoms with van der Waals surface area (Å²) >= 11 is 0. The minimum absolute atomic E-state index is 0.0701. The molecule has 2 saturated heterocycles. The molecule has 0 bridgehead atoms. The van der Waals surface area contributed by atoms with E-state index in [1.165, 1.54) is 6.07 Å². The van der Waals surface area contributed by atoms with E-state index in [1.807, 2.05) is 6.07 Å². The predicted octanol–water partition coefficient (Wildman–Crippen LogP) is 0.296. The SMILES string of the molecule is O=c1cccc([C@@H]2C[C@H](CO)[C@H]3C[C@H](O)CCN3C2)[nH]1. The predicted molar refractivity (Wildman–Crippen MR) is 75.6 cm³/mol. The van der Waals surface area contributed by atoms with Crippen LogP contribution in [0, 0.1) is 5.92 Å². The van der Waals surface area contributed by atoms with Crippen LogP contribution >= 0.6 is 0 Å². The smallest absolute Gasteiger partial charge is 0.248 e. The van der Waals surface area contributed by atoms with Gasteiger partial charge in [-0.05, 0) is 31.2 Å². The second kappa shape index (κ2) is 5.68. The number of piperidine rings is 2. The van der Waals surface area contributed by atoms with Gasteiger partial charge in [-0.2, -0.15) is 0 Å². The number of aliphatic hydroxyl groups excluding tert-OH is 2. The van der Waals surface area contributed by atoms with Crippen LogP contribution in [0.5, 0.6) is 0 Å². The van der Waals surface area contributed by atoms with E-state index in [0.29, 0.717) is 0 Å². The molecule has 0 saturated carbocycles. The van der Waals surface area contributed by atoms with Crippen molar-refractivity contribution in [2.75, 3.05) is 19.7 Å². The highest BCUT2D eigenvalue weighted by Gasteiger charge is 2.39. The van der Waals surface area contributed by atoms with Gasteiger partial charge in [-0.15, -0.1) is 0 Å². The average molecular weight is 278 g/mol. The molecular weight excluding hydrogens is 256 g/mol. The molecule has 4 atom stereocenters. The first kappa shape index (κ1) is 13.8. The van der Waals surface area contributed by atoms with E-state index in [9.17, 15) is 15.0 Å². The van der Waals surface area contributed by atoms with Gasteiger partial charge in [0, 0.05) is 43.4 Å². The van der Waals surface area contributed by atoms with E-state index in [2.05, 4.69) is 9.88 Å². The number of nitrogens with one attached hydrogen (secondary N) is 1. The minimum atomic E-state index is -0.238. The molecule has 0 unspecified atom stereocenters. The highest BCUT2D eigenvalue weighted by Crippen LogP contribution is 2.37. The van der Waals surface area contributed by atoms with E-state index in [0.717, 1.165) is 38.0 Å². The maximum absolute atomic E-state index is 11.5. The zero-order chi connectivity index (χ0) is 14.1. The number of hydrogen-bond donors (Lipinski definition) is 3. The third kappa shape index (κ3) is 2.66. The third-order valence-corrected chi connectivity index (χ3v) is 4.78. The lowest BCUT2D eigenvalue weighted by molar-refractivity contribution is -0.0262. The lowest BCUT2D eigenvalue weighted by Gasteiger charge is -2.48. The maximum Gasteiger partial charge on any atom is 0.248 e. The average Bonchev–Trinajstić information content (AvgIpc) is 2.46. The molecular formula is C15H22N2O3. The van der Waals surface area contributed by atoms with Gasteiger partial charge in [-0.3, -0.25) is 9.69 Å². The molecule has 1 aromatic heterocycles. The summed E-state index contributed by atoms with van der Waals surface area (Å²) in [7, 11) is 0. The minimum Gasteiger partial charge on any atom is -0.396 e. The van der Waals surface area contributed by atoms with Gasteiger partial charge in [-0.1, -0.05) is 6.07 Å². The molecule has 2 fully saturated rings. The first-order valence-electron chi connectivity index (χ1n) is 7.39. The summed E-state index contributed by atoms with van der Waals surface area (Å²) in [5.41, 5.74) is 0.889. The second-order valence-electron chi connectivity index (χ2n) is 6.09. The Bertz CT molecular complexity index is 508. The Labute approximate surface area is 118 Å². The van der Waals surface area contributed by atoms with E-state index in [1.54, 1.807) is 6.07 Å². The van der Waals surface area contributed by atoms with Crippen LogP contribution in [-0.4, -0.2) is 51.9 Å². The molecule has 20 heavy (non-hydrogen) atoms. The van der Waals surface area contributed by atoms with Gasteiger partial charge in [-0.25, -0.2) is 0 Å². The van der Waals surface area contributed by atoms with Crippen molar-refractivity contribution >= 4 is 0 Å². The van der Waals surface area contributed by atoms with Crippen LogP contribution in [0.4, 0.5) is 0 Å². The number of aromatic amines is 1. The van der Waals surface area contributed by atoms with Crippen LogP contribution < -0.4 is 5.56 Å². The van der Waals surface area contributed by atoms with Crippen LogP contribution in [-0.2, 0) is 0 Å². The van der Waals surface area contributed by atoms with Crippen molar-refractivity contribution in [2.24, 2.45) is 5.92 Å². The molecule has 5 nitrogen and oxygen atoms in total. The van der Waals surface area contributed by atoms with Gasteiger partial charge >= 0.3 is 0 Å². The van der Waals surface area contributed by atoms with E-state index < -0.39 is 0 Å². The molecule has 0 spiro atoms. The van der Waals surface area contributed by atoms with E-state index >= 15 is 0 Å². The Kier molecular flexibility index (Phi) is 3.92. The van der Waals surface area contributed by atoms with Crippen LogP contribution in [0.1, 0.15) is 30.9 Å². The number of nitrogens with zero attached hydrogens (tertiary/aromatic N) is 1. The Hall–Kier alpha value is -1.17. The molecule has 3 N–H and O–H groups in total. The summed E-state index contributed by atoms with van der Waals surface area (Å²) in [6, 6.07) is 5.54. The van der Waals surface area contributed by atoms with Crippen molar-refractivity contribution in [3.8, 4) is 0 Å². The molecule has 2 aliphatic heterocycles. The molecule has 3 rings (SSSR count). The number of hydrogen-bond acceptors (Lipinski definition) is 4. The van der Waals surface area contributed by atoms with Crippen LogP contribution in [0.25, 0.3) is 0 Å². The Morgan fingerprint density at radius 2 is 2.20 bits per heavy atom. The molecule has 0 aliphatic carbocycles. The summed E-state index contributed by atoms with van der Waals surface area (Å²) in [4.78, 5) is 16.7. The fourth-order valence-electron chi connectivity index (χ4n) is 3.75. The number of aromatic nitrogens is 1. The van der Waals surface area contributed by atoms with Crippen molar-refractivity contribution < 1.29 is 10.2 Å². The van der Waals surface area contributed by atoms with Crippen molar-refractivity contribution in [3.63, 3.8) is 0 Å². The number of H-pyrrole nitrogens is 1. The van der Waals surface area contributed by atoms with Crippen molar-refractivity contribution in [1.82, 2.24) is 9.88 Å². The fraction of sp³-hybridized carbons (Fsp3) is 0.667.